The molecule has 0 heterocycles. The minimum atomic E-state index is -0.292. The molecule has 0 N–H and O–H groups in total. The fraction of sp³-hybridized carbons (Fsp3) is 0.688. The van der Waals surface area contributed by atoms with Gasteiger partial charge in [0.05, 0.1) is 0 Å². The van der Waals surface area contributed by atoms with Crippen LogP contribution < -0.4 is 0 Å². The Hall–Kier alpha value is -0.880. The molecule has 0 bridgehead atoms. The van der Waals surface area contributed by atoms with E-state index in [2.05, 4.69) is 31.9 Å². The zero-order chi connectivity index (χ0) is 14.3. The van der Waals surface area contributed by atoms with Gasteiger partial charge in [0, 0.05) is 5.75 Å². The van der Waals surface area contributed by atoms with Crippen molar-refractivity contribution >= 4 is 17.7 Å². The summed E-state index contributed by atoms with van der Waals surface area (Å²) in [4.78, 5) is 11.0. The van der Waals surface area contributed by atoms with Crippen molar-refractivity contribution in [2.75, 3.05) is 18.1 Å². The van der Waals surface area contributed by atoms with Crippen molar-refractivity contribution in [2.24, 2.45) is 5.92 Å². The highest BCUT2D eigenvalue weighted by Crippen LogP contribution is 2.14. The number of allylic oxidation sites excluding steroid dienone is 2. The van der Waals surface area contributed by atoms with E-state index in [-0.39, 0.29) is 12.4 Å². The molecule has 0 radical (unpaired) electrons. The summed E-state index contributed by atoms with van der Waals surface area (Å²) in [6.45, 7) is 4.93. The van der Waals surface area contributed by atoms with E-state index >= 15 is 0 Å². The van der Waals surface area contributed by atoms with Gasteiger partial charge in [-0.1, -0.05) is 31.9 Å². The van der Waals surface area contributed by atoms with Gasteiger partial charge in [-0.2, -0.15) is 11.8 Å². The molecule has 0 rings (SSSR count). The fourth-order valence-corrected chi connectivity index (χ4v) is 2.52. The molecule has 0 aliphatic rings. The number of hydrogen-bond donors (Lipinski definition) is 0. The van der Waals surface area contributed by atoms with Crippen molar-refractivity contribution < 1.29 is 9.53 Å². The lowest BCUT2D eigenvalue weighted by Crippen LogP contribution is -2.06. The smallest absolute Gasteiger partial charge is 0.317 e. The minimum Gasteiger partial charge on any atom is -0.464 e. The zero-order valence-electron chi connectivity index (χ0n) is 12.2. The lowest BCUT2D eigenvalue weighted by atomic mass is 10.0. The van der Waals surface area contributed by atoms with Crippen LogP contribution in [0, 0.1) is 18.3 Å². The molecule has 1 atom stereocenters. The van der Waals surface area contributed by atoms with Gasteiger partial charge in [-0.3, -0.25) is 4.79 Å². The van der Waals surface area contributed by atoms with E-state index in [0.717, 1.165) is 23.8 Å². The second-order valence-corrected chi connectivity index (χ2v) is 5.79. The summed E-state index contributed by atoms with van der Waals surface area (Å²) in [5, 5.41) is 0. The lowest BCUT2D eigenvalue weighted by Gasteiger charge is -2.09. The van der Waals surface area contributed by atoms with Crippen LogP contribution in [0.25, 0.3) is 0 Å². The molecule has 0 aromatic rings. The average molecular weight is 282 g/mol. The molecule has 1 unspecified atom stereocenters. The molecule has 108 valence electrons. The minimum absolute atomic E-state index is 0.0764. The highest BCUT2D eigenvalue weighted by atomic mass is 32.2. The molecule has 0 amide bonds. The van der Waals surface area contributed by atoms with Crippen molar-refractivity contribution in [1.29, 1.82) is 0 Å². The Morgan fingerprint density at radius 2 is 2.16 bits per heavy atom. The Morgan fingerprint density at radius 1 is 1.37 bits per heavy atom. The van der Waals surface area contributed by atoms with E-state index < -0.39 is 0 Å². The molecule has 0 saturated carbocycles. The number of carbonyl (C=O) groups excluding carboxylic acids is 1. The van der Waals surface area contributed by atoms with Crippen molar-refractivity contribution in [3.63, 3.8) is 0 Å². The summed E-state index contributed by atoms with van der Waals surface area (Å²) in [6, 6.07) is 0. The Bertz CT molecular complexity index is 292. The summed E-state index contributed by atoms with van der Waals surface area (Å²) in [5.74, 6) is 4.74. The molecular formula is C16H26O2S. The topological polar surface area (TPSA) is 26.3 Å². The number of thioether (sulfide) groups is 1. The number of carbonyl (C=O) groups is 1. The number of esters is 1. The third-order valence-corrected chi connectivity index (χ3v) is 3.70. The van der Waals surface area contributed by atoms with Gasteiger partial charge in [0.25, 0.3) is 0 Å². The van der Waals surface area contributed by atoms with E-state index in [0.29, 0.717) is 6.61 Å². The molecule has 3 heteroatoms. The first-order chi connectivity index (χ1) is 9.20. The third kappa shape index (κ3) is 13.4. The summed E-state index contributed by atoms with van der Waals surface area (Å²) < 4.78 is 4.97. The molecule has 19 heavy (non-hydrogen) atoms. The van der Waals surface area contributed by atoms with Gasteiger partial charge in [0.1, 0.15) is 13.0 Å². The Morgan fingerprint density at radius 3 is 2.84 bits per heavy atom. The van der Waals surface area contributed by atoms with Crippen LogP contribution >= 0.6 is 11.8 Å². The predicted octanol–water partition coefficient (Wildman–Crippen LogP) is 4.06. The summed E-state index contributed by atoms with van der Waals surface area (Å²) in [6.07, 6.45) is 14.4. The normalized spacial score (nSPS) is 12.3. The lowest BCUT2D eigenvalue weighted by molar-refractivity contribution is -0.141. The zero-order valence-corrected chi connectivity index (χ0v) is 13.0. The average Bonchev–Trinajstić information content (AvgIpc) is 2.39. The Kier molecular flexibility index (Phi) is 12.9. The van der Waals surface area contributed by atoms with Crippen molar-refractivity contribution in [1.82, 2.24) is 0 Å². The molecule has 0 aromatic carbocycles. The molecule has 2 nitrogen and oxygen atoms in total. The molecule has 0 spiro atoms. The van der Waals surface area contributed by atoms with Gasteiger partial charge in [-0.05, 0) is 37.4 Å². The maximum atomic E-state index is 11.0. The van der Waals surface area contributed by atoms with Gasteiger partial charge in [0.2, 0.25) is 0 Å². The second kappa shape index (κ2) is 13.5. The van der Waals surface area contributed by atoms with Crippen molar-refractivity contribution in [3.8, 4) is 12.3 Å². The highest BCUT2D eigenvalue weighted by Gasteiger charge is 2.02. The van der Waals surface area contributed by atoms with Crippen molar-refractivity contribution in [3.05, 3.63) is 12.2 Å². The fourth-order valence-electron chi connectivity index (χ4n) is 1.54. The van der Waals surface area contributed by atoms with Crippen LogP contribution in [0.4, 0.5) is 0 Å². The third-order valence-electron chi connectivity index (χ3n) is 2.72. The van der Waals surface area contributed by atoms with Crippen LogP contribution in [0.3, 0.4) is 0 Å². The van der Waals surface area contributed by atoms with Crippen molar-refractivity contribution in [2.45, 2.75) is 46.0 Å². The number of terminal acetylenes is 1. The summed E-state index contributed by atoms with van der Waals surface area (Å²) >= 11 is 1.84. The van der Waals surface area contributed by atoms with Crippen LogP contribution in [0.1, 0.15) is 46.0 Å². The monoisotopic (exact) mass is 282 g/mol. The van der Waals surface area contributed by atoms with Crippen LogP contribution in [0.15, 0.2) is 12.2 Å². The summed E-state index contributed by atoms with van der Waals surface area (Å²) in [5.41, 5.74) is 0. The highest BCUT2D eigenvalue weighted by molar-refractivity contribution is 7.99. The number of ether oxygens (including phenoxy) is 1. The van der Waals surface area contributed by atoms with Crippen LogP contribution in [-0.4, -0.2) is 24.1 Å². The standard InChI is InChI=1S/C16H26O2S/c1-4-6-7-8-10-15(3)11-13-19-14-12-18-16(17)9-5-2/h2,6-7,15H,4,8-14H2,1,3H3. The molecule has 0 saturated heterocycles. The summed E-state index contributed by atoms with van der Waals surface area (Å²) in [7, 11) is 0. The maximum absolute atomic E-state index is 11.0. The van der Waals surface area contributed by atoms with Gasteiger partial charge >= 0.3 is 5.97 Å². The van der Waals surface area contributed by atoms with E-state index in [1.54, 1.807) is 0 Å². The van der Waals surface area contributed by atoms with Gasteiger partial charge < -0.3 is 4.74 Å². The molecule has 0 aliphatic carbocycles. The number of rotatable bonds is 11. The van der Waals surface area contributed by atoms with Gasteiger partial charge in [-0.25, -0.2) is 0 Å². The molecule has 0 aromatic heterocycles. The Balaban J connectivity index is 3.32. The quantitative estimate of drug-likeness (QED) is 0.247. The van der Waals surface area contributed by atoms with Gasteiger partial charge in [-0.15, -0.1) is 6.42 Å². The van der Waals surface area contributed by atoms with E-state index in [4.69, 9.17) is 11.2 Å². The number of hydrogen-bond acceptors (Lipinski definition) is 3. The van der Waals surface area contributed by atoms with Gasteiger partial charge in [0.15, 0.2) is 0 Å². The second-order valence-electron chi connectivity index (χ2n) is 4.56. The predicted molar refractivity (Wildman–Crippen MR) is 84.2 cm³/mol. The molecule has 0 aliphatic heterocycles. The van der Waals surface area contributed by atoms with Crippen LogP contribution in [-0.2, 0) is 9.53 Å². The maximum Gasteiger partial charge on any atom is 0.317 e. The first-order valence-corrected chi connectivity index (χ1v) is 8.18. The Labute approximate surface area is 122 Å². The first kappa shape index (κ1) is 18.1. The molecular weight excluding hydrogens is 256 g/mol. The largest absolute Gasteiger partial charge is 0.464 e. The van der Waals surface area contributed by atoms with E-state index in [1.807, 2.05) is 11.8 Å². The molecule has 0 fully saturated rings. The first-order valence-electron chi connectivity index (χ1n) is 7.02. The van der Waals surface area contributed by atoms with Crippen LogP contribution in [0.5, 0.6) is 0 Å². The van der Waals surface area contributed by atoms with E-state index in [1.165, 1.54) is 19.3 Å². The van der Waals surface area contributed by atoms with E-state index in [9.17, 15) is 4.79 Å². The SMILES string of the molecule is C#CCC(=O)OCCSCCC(C)CCC=CCC. The van der Waals surface area contributed by atoms with Crippen LogP contribution in [0.2, 0.25) is 0 Å².